The molecule has 11 nitrogen and oxygen atoms in total. The molecule has 0 spiro atoms. The van der Waals surface area contributed by atoms with Gasteiger partial charge in [0.05, 0.1) is 44.4 Å². The molecule has 3 fully saturated rings. The van der Waals surface area contributed by atoms with Crippen LogP contribution >= 0.6 is 45.8 Å². The van der Waals surface area contributed by atoms with Crippen LogP contribution in [0, 0.1) is 27.2 Å². The third kappa shape index (κ3) is 6.36. The van der Waals surface area contributed by atoms with Gasteiger partial charge in [-0.3, -0.25) is 29.5 Å². The van der Waals surface area contributed by atoms with E-state index in [0.717, 1.165) is 10.6 Å². The molecule has 4 aromatic rings. The summed E-state index contributed by atoms with van der Waals surface area (Å²) in [6.45, 7) is 0.0857. The van der Waals surface area contributed by atoms with Crippen LogP contribution in [0.2, 0.25) is 10.0 Å². The van der Waals surface area contributed by atoms with Gasteiger partial charge in [-0.1, -0.05) is 59.1 Å². The lowest BCUT2D eigenvalue weighted by Gasteiger charge is -2.50. The molecule has 6 atom stereocenters. The number of amides is 4. The van der Waals surface area contributed by atoms with E-state index in [1.54, 1.807) is 48.5 Å². The first-order valence-corrected chi connectivity index (χ1v) is 19.9. The molecular formula is C41H32Cl2F3IN4O7. The van der Waals surface area contributed by atoms with Crippen LogP contribution in [0.4, 0.5) is 19.0 Å². The number of benzene rings is 3. The molecule has 0 radical (unpaired) electrons. The molecule has 8 rings (SSSR count). The SMILES string of the molecule is COc1cc([C@H]2C3=CC[C@@H]4C(=O)N(CCc5ccc(O)cc5)C(=O)[C@@H]4[C@@H]3C[C@H]3C(=O)N(Nc4ncc(C(F)(F)F)cc4Cl)C(=O)[C@@]23c2ccc(Cl)cc2)cc(I)c1O. The van der Waals surface area contributed by atoms with Gasteiger partial charge in [-0.15, -0.1) is 0 Å². The van der Waals surface area contributed by atoms with Crippen molar-refractivity contribution >= 4 is 75.2 Å². The molecule has 4 amide bonds. The number of nitrogens with one attached hydrogen (secondary N) is 1. The maximum atomic E-state index is 15.4. The number of anilines is 1. The molecular weight excluding hydrogens is 915 g/mol. The van der Waals surface area contributed by atoms with Crippen LogP contribution in [0.3, 0.4) is 0 Å². The second-order valence-electron chi connectivity index (χ2n) is 14.7. The minimum absolute atomic E-state index is 0.0554. The van der Waals surface area contributed by atoms with Crippen molar-refractivity contribution in [1.82, 2.24) is 14.9 Å². The molecule has 2 aliphatic carbocycles. The summed E-state index contributed by atoms with van der Waals surface area (Å²) in [6.07, 6.45) is -1.92. The van der Waals surface area contributed by atoms with Crippen molar-refractivity contribution in [1.29, 1.82) is 0 Å². The summed E-state index contributed by atoms with van der Waals surface area (Å²) in [5.74, 6) is -7.22. The average Bonchev–Trinajstić information content (AvgIpc) is 3.56. The number of phenolic OH excluding ortho intramolecular Hbond substituents is 2. The van der Waals surface area contributed by atoms with Gasteiger partial charge in [-0.25, -0.2) is 4.98 Å². The van der Waals surface area contributed by atoms with Crippen molar-refractivity contribution in [3.8, 4) is 17.2 Å². The number of imide groups is 2. The van der Waals surface area contributed by atoms with E-state index in [-0.39, 0.29) is 48.4 Å². The molecule has 2 saturated heterocycles. The van der Waals surface area contributed by atoms with Crippen LogP contribution in [0.15, 0.2) is 84.6 Å². The minimum atomic E-state index is -4.76. The van der Waals surface area contributed by atoms with Crippen molar-refractivity contribution in [3.63, 3.8) is 0 Å². The van der Waals surface area contributed by atoms with E-state index in [1.807, 2.05) is 28.7 Å². The third-order valence-corrected chi connectivity index (χ3v) is 13.2. The first-order chi connectivity index (χ1) is 27.6. The molecule has 3 heterocycles. The second kappa shape index (κ2) is 14.7. The Hall–Kier alpha value is -4.87. The zero-order valence-electron chi connectivity index (χ0n) is 30.3. The van der Waals surface area contributed by atoms with Gasteiger partial charge < -0.3 is 14.9 Å². The van der Waals surface area contributed by atoms with Crippen molar-refractivity contribution < 1.29 is 47.3 Å². The number of rotatable bonds is 8. The lowest BCUT2D eigenvalue weighted by molar-refractivity contribution is -0.141. The van der Waals surface area contributed by atoms with E-state index in [4.69, 9.17) is 27.9 Å². The van der Waals surface area contributed by atoms with Crippen molar-refractivity contribution in [3.05, 3.63) is 120 Å². The third-order valence-electron chi connectivity index (χ3n) is 11.8. The number of hydrogen-bond donors (Lipinski definition) is 3. The standard InChI is InChI=1S/C41H32Cl2F3IN4O7/c1-58-31-15-20(14-30(47)34(31)53)33-25-10-11-26-32(38(56)50(36(26)54)13-12-19-2-8-24(52)9-3-19)27(25)17-28-37(55)51(39(57)40(28,33)21-4-6-23(42)7-5-21)49-35-29(43)16-22(18-48-35)41(44,45)46/h2-10,14-16,18,26-28,32-33,52-53H,11-13,17H2,1H3,(H,48,49)/t26-,27+,28-,32-,33-,40+/m0/s1. The highest BCUT2D eigenvalue weighted by molar-refractivity contribution is 14.1. The zero-order chi connectivity index (χ0) is 41.4. The summed E-state index contributed by atoms with van der Waals surface area (Å²) in [7, 11) is 1.37. The van der Waals surface area contributed by atoms with Gasteiger partial charge in [-0.2, -0.15) is 18.2 Å². The lowest BCUT2D eigenvalue weighted by Crippen LogP contribution is -2.53. The number of aromatic hydroxyl groups is 2. The summed E-state index contributed by atoms with van der Waals surface area (Å²) < 4.78 is 46.5. The van der Waals surface area contributed by atoms with E-state index in [9.17, 15) is 37.8 Å². The number of methoxy groups -OCH3 is 1. The van der Waals surface area contributed by atoms with E-state index < -0.39 is 69.5 Å². The monoisotopic (exact) mass is 946 g/mol. The number of pyridine rings is 1. The van der Waals surface area contributed by atoms with Crippen LogP contribution in [0.25, 0.3) is 0 Å². The van der Waals surface area contributed by atoms with Crippen LogP contribution in [0.5, 0.6) is 17.2 Å². The first kappa shape index (κ1) is 39.9. The number of hydrogen-bond acceptors (Lipinski definition) is 9. The summed E-state index contributed by atoms with van der Waals surface area (Å²) in [4.78, 5) is 63.9. The molecule has 3 aromatic carbocycles. The second-order valence-corrected chi connectivity index (χ2v) is 16.7. The molecule has 3 N–H and O–H groups in total. The zero-order valence-corrected chi connectivity index (χ0v) is 33.9. The Balaban J connectivity index is 1.28. The molecule has 4 aliphatic rings. The highest BCUT2D eigenvalue weighted by atomic mass is 127. The van der Waals surface area contributed by atoms with Crippen LogP contribution in [0.1, 0.15) is 41.0 Å². The maximum Gasteiger partial charge on any atom is 0.417 e. The number of carbonyl (C=O) groups excluding carboxylic acids is 4. The van der Waals surface area contributed by atoms with E-state index >= 15 is 4.79 Å². The van der Waals surface area contributed by atoms with Gasteiger partial charge in [0.25, 0.3) is 11.8 Å². The van der Waals surface area contributed by atoms with Gasteiger partial charge in [0.1, 0.15) is 5.75 Å². The van der Waals surface area contributed by atoms with Crippen LogP contribution < -0.4 is 10.2 Å². The van der Waals surface area contributed by atoms with Gasteiger partial charge in [0, 0.05) is 23.7 Å². The summed E-state index contributed by atoms with van der Waals surface area (Å²) in [5.41, 5.74) is 2.00. The van der Waals surface area contributed by atoms with Gasteiger partial charge in [0.2, 0.25) is 11.8 Å². The number of fused-ring (bicyclic) bond motifs is 4. The number of phenols is 2. The smallest absolute Gasteiger partial charge is 0.417 e. The topological polar surface area (TPSA) is 149 Å². The molecule has 1 aromatic heterocycles. The number of hydrazine groups is 1. The Kier molecular flexibility index (Phi) is 10.2. The van der Waals surface area contributed by atoms with Crippen molar-refractivity contribution in [2.24, 2.45) is 23.7 Å². The number of aromatic nitrogens is 1. The van der Waals surface area contributed by atoms with E-state index in [0.29, 0.717) is 44.0 Å². The number of allylic oxidation sites excluding steroid dienone is 2. The molecule has 17 heteroatoms. The maximum absolute atomic E-state index is 15.4. The largest absolute Gasteiger partial charge is 0.508 e. The normalized spacial score (nSPS) is 25.4. The molecule has 58 heavy (non-hydrogen) atoms. The summed E-state index contributed by atoms with van der Waals surface area (Å²) in [6, 6.07) is 16.7. The van der Waals surface area contributed by atoms with Gasteiger partial charge in [0.15, 0.2) is 17.3 Å². The number of halogens is 6. The summed E-state index contributed by atoms with van der Waals surface area (Å²) >= 11 is 14.6. The Morgan fingerprint density at radius 1 is 0.966 bits per heavy atom. The fourth-order valence-corrected chi connectivity index (χ4v) is 10.2. The van der Waals surface area contributed by atoms with Gasteiger partial charge in [-0.05, 0) is 107 Å². The Morgan fingerprint density at radius 2 is 1.67 bits per heavy atom. The number of ether oxygens (including phenoxy) is 1. The highest BCUT2D eigenvalue weighted by Gasteiger charge is 2.70. The fraction of sp³-hybridized carbons (Fsp3) is 0.293. The molecule has 0 unspecified atom stereocenters. The summed E-state index contributed by atoms with van der Waals surface area (Å²) in [5, 5.41) is 21.2. The van der Waals surface area contributed by atoms with Crippen LogP contribution in [-0.2, 0) is 37.2 Å². The predicted molar refractivity (Wildman–Crippen MR) is 213 cm³/mol. The fourth-order valence-electron chi connectivity index (χ4n) is 9.26. The Morgan fingerprint density at radius 3 is 2.33 bits per heavy atom. The Labute approximate surface area is 352 Å². The lowest BCUT2D eigenvalue weighted by atomic mass is 9.49. The first-order valence-electron chi connectivity index (χ1n) is 18.1. The predicted octanol–water partition coefficient (Wildman–Crippen LogP) is 7.66. The average molecular weight is 948 g/mol. The van der Waals surface area contributed by atoms with Crippen LogP contribution in [-0.4, -0.2) is 62.4 Å². The quantitative estimate of drug-likeness (QED) is 0.0920. The number of alkyl halides is 3. The molecule has 0 bridgehead atoms. The van der Waals surface area contributed by atoms with E-state index in [1.165, 1.54) is 24.1 Å². The van der Waals surface area contributed by atoms with Crippen molar-refractivity contribution in [2.45, 2.75) is 36.8 Å². The van der Waals surface area contributed by atoms with Gasteiger partial charge >= 0.3 is 6.18 Å². The number of carbonyl (C=O) groups is 4. The molecule has 2 aliphatic heterocycles. The highest BCUT2D eigenvalue weighted by Crippen LogP contribution is 2.64. The number of nitrogens with zero attached hydrogens (tertiary/aromatic N) is 3. The Bertz CT molecular complexity index is 2420. The minimum Gasteiger partial charge on any atom is -0.508 e. The number of likely N-dealkylation sites (tertiary alicyclic amines) is 1. The van der Waals surface area contributed by atoms with Crippen molar-refractivity contribution in [2.75, 3.05) is 19.1 Å². The van der Waals surface area contributed by atoms with E-state index in [2.05, 4.69) is 10.4 Å². The molecule has 1 saturated carbocycles. The molecule has 300 valence electrons.